The van der Waals surface area contributed by atoms with E-state index in [1.165, 1.54) is 0 Å². The molecule has 5 heteroatoms. The lowest BCUT2D eigenvalue weighted by Crippen LogP contribution is -2.08. The van der Waals surface area contributed by atoms with Crippen molar-refractivity contribution >= 4 is 23.4 Å². The molecule has 0 aliphatic rings. The third-order valence-electron chi connectivity index (χ3n) is 2.47. The van der Waals surface area contributed by atoms with Gasteiger partial charge in [-0.3, -0.25) is 0 Å². The Bertz CT molecular complexity index is 374. The zero-order valence-electron chi connectivity index (χ0n) is 10.9. The van der Waals surface area contributed by atoms with E-state index in [0.717, 1.165) is 29.9 Å². The van der Waals surface area contributed by atoms with Gasteiger partial charge in [0.15, 0.2) is 11.5 Å². The number of methoxy groups -OCH3 is 1. The smallest absolute Gasteiger partial charge is 0.164 e. The molecule has 0 bridgehead atoms. The second-order valence-electron chi connectivity index (χ2n) is 3.83. The van der Waals surface area contributed by atoms with E-state index in [2.05, 4.69) is 6.26 Å². The molecule has 0 aliphatic heterocycles. The van der Waals surface area contributed by atoms with Crippen LogP contribution in [0.2, 0.25) is 5.02 Å². The van der Waals surface area contributed by atoms with Gasteiger partial charge in [0.2, 0.25) is 0 Å². The third-order valence-corrected chi connectivity index (χ3v) is 3.38. The van der Waals surface area contributed by atoms with E-state index in [0.29, 0.717) is 23.9 Å². The summed E-state index contributed by atoms with van der Waals surface area (Å²) >= 11 is 7.85. The molecule has 0 amide bonds. The highest BCUT2D eigenvalue weighted by Crippen LogP contribution is 2.35. The summed E-state index contributed by atoms with van der Waals surface area (Å²) in [5.41, 5.74) is 6.61. The van der Waals surface area contributed by atoms with Crippen LogP contribution < -0.4 is 15.2 Å². The van der Waals surface area contributed by atoms with Crippen molar-refractivity contribution < 1.29 is 9.47 Å². The molecule has 0 unspecified atom stereocenters. The average molecular weight is 290 g/mol. The molecule has 0 aromatic heterocycles. The third kappa shape index (κ3) is 4.59. The molecule has 0 heterocycles. The number of hydrogen-bond acceptors (Lipinski definition) is 4. The van der Waals surface area contributed by atoms with Crippen LogP contribution in [0.15, 0.2) is 12.1 Å². The van der Waals surface area contributed by atoms with Crippen molar-refractivity contribution in [3.63, 3.8) is 0 Å². The summed E-state index contributed by atoms with van der Waals surface area (Å²) in [6, 6.07) is 3.66. The normalized spacial score (nSPS) is 10.4. The van der Waals surface area contributed by atoms with E-state index in [-0.39, 0.29) is 0 Å². The van der Waals surface area contributed by atoms with E-state index in [1.54, 1.807) is 13.2 Å². The summed E-state index contributed by atoms with van der Waals surface area (Å²) in [6.07, 6.45) is 3.83. The van der Waals surface area contributed by atoms with Gasteiger partial charge < -0.3 is 15.2 Å². The molecule has 1 rings (SSSR count). The average Bonchev–Trinajstić information content (AvgIpc) is 2.36. The molecule has 2 N–H and O–H groups in total. The van der Waals surface area contributed by atoms with Crippen LogP contribution in [0.3, 0.4) is 0 Å². The van der Waals surface area contributed by atoms with Gasteiger partial charge in [0.05, 0.1) is 13.7 Å². The Morgan fingerprint density at radius 3 is 2.78 bits per heavy atom. The first-order valence-electron chi connectivity index (χ1n) is 5.91. The van der Waals surface area contributed by atoms with Gasteiger partial charge in [-0.2, -0.15) is 11.8 Å². The predicted octanol–water partition coefficient (Wildman–Crippen LogP) is 2.98. The molecular formula is C13H20ClNO2S. The monoisotopic (exact) mass is 289 g/mol. The Morgan fingerprint density at radius 2 is 2.17 bits per heavy atom. The SMILES string of the molecule is COc1cc(Cl)cc(CCN)c1OCCCSC. The number of ether oxygens (including phenoxy) is 2. The second-order valence-corrected chi connectivity index (χ2v) is 5.25. The van der Waals surface area contributed by atoms with Gasteiger partial charge in [0.25, 0.3) is 0 Å². The standard InChI is InChI=1S/C13H20ClNO2S/c1-16-12-9-11(14)8-10(4-5-15)13(12)17-6-3-7-18-2/h8-9H,3-7,15H2,1-2H3. The highest BCUT2D eigenvalue weighted by atomic mass is 35.5. The molecule has 0 atom stereocenters. The van der Waals surface area contributed by atoms with Crippen LogP contribution in [-0.2, 0) is 6.42 Å². The lowest BCUT2D eigenvalue weighted by Gasteiger charge is -2.15. The lowest BCUT2D eigenvalue weighted by atomic mass is 10.1. The maximum absolute atomic E-state index is 6.04. The maximum Gasteiger partial charge on any atom is 0.164 e. The summed E-state index contributed by atoms with van der Waals surface area (Å²) in [5, 5.41) is 0.645. The Morgan fingerprint density at radius 1 is 1.39 bits per heavy atom. The van der Waals surface area contributed by atoms with Crippen molar-refractivity contribution in [3.05, 3.63) is 22.7 Å². The summed E-state index contributed by atoms with van der Waals surface area (Å²) in [7, 11) is 1.62. The van der Waals surface area contributed by atoms with Crippen LogP contribution >= 0.6 is 23.4 Å². The van der Waals surface area contributed by atoms with E-state index < -0.39 is 0 Å². The number of nitrogens with two attached hydrogens (primary N) is 1. The molecule has 3 nitrogen and oxygen atoms in total. The van der Waals surface area contributed by atoms with Crippen LogP contribution in [0.1, 0.15) is 12.0 Å². The summed E-state index contributed by atoms with van der Waals surface area (Å²) in [5.74, 6) is 2.53. The van der Waals surface area contributed by atoms with Crippen molar-refractivity contribution in [2.45, 2.75) is 12.8 Å². The number of thioether (sulfide) groups is 1. The fourth-order valence-electron chi connectivity index (χ4n) is 1.66. The first kappa shape index (κ1) is 15.5. The molecule has 0 saturated carbocycles. The zero-order valence-corrected chi connectivity index (χ0v) is 12.4. The second kappa shape index (κ2) is 8.51. The van der Waals surface area contributed by atoms with Crippen molar-refractivity contribution in [1.29, 1.82) is 0 Å². The molecule has 1 aromatic rings. The molecule has 0 saturated heterocycles. The number of benzene rings is 1. The van der Waals surface area contributed by atoms with Gasteiger partial charge in [-0.25, -0.2) is 0 Å². The Kier molecular flexibility index (Phi) is 7.32. The topological polar surface area (TPSA) is 44.5 Å². The molecule has 18 heavy (non-hydrogen) atoms. The van der Waals surface area contributed by atoms with Gasteiger partial charge in [-0.15, -0.1) is 0 Å². The summed E-state index contributed by atoms with van der Waals surface area (Å²) < 4.78 is 11.1. The van der Waals surface area contributed by atoms with Crippen LogP contribution in [0, 0.1) is 0 Å². The highest BCUT2D eigenvalue weighted by molar-refractivity contribution is 7.98. The van der Waals surface area contributed by atoms with Crippen LogP contribution in [-0.4, -0.2) is 32.3 Å². The largest absolute Gasteiger partial charge is 0.493 e. The predicted molar refractivity (Wildman–Crippen MR) is 79.3 cm³/mol. The fourth-order valence-corrected chi connectivity index (χ4v) is 2.29. The van der Waals surface area contributed by atoms with E-state index in [9.17, 15) is 0 Å². The first-order chi connectivity index (χ1) is 8.72. The Hall–Kier alpha value is -0.580. The van der Waals surface area contributed by atoms with Crippen LogP contribution in [0.25, 0.3) is 0 Å². The minimum absolute atomic E-state index is 0.560. The van der Waals surface area contributed by atoms with Crippen LogP contribution in [0.4, 0.5) is 0 Å². The molecule has 0 spiro atoms. The van der Waals surface area contributed by atoms with E-state index >= 15 is 0 Å². The summed E-state index contributed by atoms with van der Waals surface area (Å²) in [4.78, 5) is 0. The van der Waals surface area contributed by atoms with Gasteiger partial charge in [0, 0.05) is 16.7 Å². The molecule has 102 valence electrons. The minimum Gasteiger partial charge on any atom is -0.493 e. The molecule has 0 fully saturated rings. The van der Waals surface area contributed by atoms with Crippen LogP contribution in [0.5, 0.6) is 11.5 Å². The zero-order chi connectivity index (χ0) is 13.4. The summed E-state index contributed by atoms with van der Waals surface area (Å²) in [6.45, 7) is 1.24. The van der Waals surface area contributed by atoms with Gasteiger partial charge >= 0.3 is 0 Å². The Balaban J connectivity index is 2.83. The van der Waals surface area contributed by atoms with Gasteiger partial charge in [0.1, 0.15) is 0 Å². The molecule has 0 aliphatic carbocycles. The first-order valence-corrected chi connectivity index (χ1v) is 7.68. The van der Waals surface area contributed by atoms with E-state index in [1.807, 2.05) is 17.8 Å². The minimum atomic E-state index is 0.560. The van der Waals surface area contributed by atoms with E-state index in [4.69, 9.17) is 26.8 Å². The van der Waals surface area contributed by atoms with Crippen molar-refractivity contribution in [1.82, 2.24) is 0 Å². The van der Waals surface area contributed by atoms with Crippen molar-refractivity contribution in [3.8, 4) is 11.5 Å². The highest BCUT2D eigenvalue weighted by Gasteiger charge is 2.12. The molecular weight excluding hydrogens is 270 g/mol. The van der Waals surface area contributed by atoms with Crippen molar-refractivity contribution in [2.75, 3.05) is 32.3 Å². The molecule has 0 radical (unpaired) electrons. The number of halogens is 1. The number of rotatable bonds is 8. The maximum atomic E-state index is 6.04. The fraction of sp³-hybridized carbons (Fsp3) is 0.538. The van der Waals surface area contributed by atoms with Gasteiger partial charge in [-0.05, 0) is 37.5 Å². The van der Waals surface area contributed by atoms with Crippen molar-refractivity contribution in [2.24, 2.45) is 5.73 Å². The lowest BCUT2D eigenvalue weighted by molar-refractivity contribution is 0.292. The Labute approximate surface area is 118 Å². The van der Waals surface area contributed by atoms with Gasteiger partial charge in [-0.1, -0.05) is 11.6 Å². The quantitative estimate of drug-likeness (QED) is 0.747. The molecule has 1 aromatic carbocycles. The number of hydrogen-bond donors (Lipinski definition) is 1.